The lowest BCUT2D eigenvalue weighted by molar-refractivity contribution is -0.137. The van der Waals surface area contributed by atoms with Gasteiger partial charge in [0.2, 0.25) is 17.7 Å². The van der Waals surface area contributed by atoms with E-state index in [0.29, 0.717) is 29.8 Å². The van der Waals surface area contributed by atoms with Gasteiger partial charge < -0.3 is 20.4 Å². The lowest BCUT2D eigenvalue weighted by atomic mass is 10.0. The van der Waals surface area contributed by atoms with Crippen LogP contribution in [0.4, 0.5) is 5.82 Å². The Labute approximate surface area is 242 Å². The van der Waals surface area contributed by atoms with Crippen LogP contribution in [0.25, 0.3) is 0 Å². The van der Waals surface area contributed by atoms with Gasteiger partial charge in [0.05, 0.1) is 6.54 Å². The van der Waals surface area contributed by atoms with Crippen molar-refractivity contribution in [1.29, 1.82) is 0 Å². The molecule has 2 aromatic carbocycles. The Hall–Kier alpha value is -5.06. The molecule has 3 aromatic rings. The highest BCUT2D eigenvalue weighted by Crippen LogP contribution is 2.28. The topological polar surface area (TPSA) is 141 Å². The molecule has 0 spiro atoms. The van der Waals surface area contributed by atoms with Gasteiger partial charge in [0.1, 0.15) is 11.9 Å². The molecule has 11 nitrogen and oxygen atoms in total. The normalized spacial score (nSPS) is 17.5. The fourth-order valence-electron chi connectivity index (χ4n) is 5.63. The van der Waals surface area contributed by atoms with E-state index in [1.54, 1.807) is 24.4 Å². The molecule has 0 saturated carbocycles. The molecule has 3 aliphatic rings. The second-order valence-electron chi connectivity index (χ2n) is 10.7. The molecule has 3 N–H and O–H groups in total. The summed E-state index contributed by atoms with van der Waals surface area (Å²) < 4.78 is 0. The highest BCUT2D eigenvalue weighted by Gasteiger charge is 2.39. The molecule has 3 aliphatic heterocycles. The molecule has 11 heteroatoms. The second-order valence-corrected chi connectivity index (χ2v) is 10.7. The van der Waals surface area contributed by atoms with Crippen LogP contribution < -0.4 is 20.9 Å². The minimum Gasteiger partial charge on any atom is -0.350 e. The molecule has 1 fully saturated rings. The van der Waals surface area contributed by atoms with Gasteiger partial charge in [-0.3, -0.25) is 29.3 Å². The number of hydrogen-bond donors (Lipinski definition) is 3. The number of nitrogens with zero attached hydrogens (tertiary/aromatic N) is 3. The minimum absolute atomic E-state index is 0.0684. The predicted molar refractivity (Wildman–Crippen MR) is 152 cm³/mol. The van der Waals surface area contributed by atoms with Crippen LogP contribution in [-0.2, 0) is 40.4 Å². The zero-order chi connectivity index (χ0) is 29.2. The van der Waals surface area contributed by atoms with Gasteiger partial charge in [0, 0.05) is 49.9 Å². The average molecular weight is 567 g/mol. The minimum atomic E-state index is -0.698. The molecular formula is C31H30N6O5. The molecule has 1 unspecified atom stereocenters. The molecule has 4 heterocycles. The number of carbonyl (C=O) groups is 5. The van der Waals surface area contributed by atoms with Crippen LogP contribution in [0.2, 0.25) is 0 Å². The van der Waals surface area contributed by atoms with Crippen molar-refractivity contribution in [2.45, 2.75) is 44.9 Å². The number of rotatable bonds is 8. The van der Waals surface area contributed by atoms with Crippen LogP contribution >= 0.6 is 0 Å². The van der Waals surface area contributed by atoms with E-state index >= 15 is 0 Å². The van der Waals surface area contributed by atoms with Gasteiger partial charge in [-0.15, -0.1) is 0 Å². The quantitative estimate of drug-likeness (QED) is 0.351. The molecular weight excluding hydrogens is 536 g/mol. The van der Waals surface area contributed by atoms with Crippen LogP contribution in [0.1, 0.15) is 55.8 Å². The lowest BCUT2D eigenvalue weighted by Gasteiger charge is -2.29. The molecule has 6 rings (SSSR count). The molecule has 1 atom stereocenters. The summed E-state index contributed by atoms with van der Waals surface area (Å²) in [6.45, 7) is 1.97. The van der Waals surface area contributed by atoms with Gasteiger partial charge in [-0.1, -0.05) is 30.3 Å². The van der Waals surface area contributed by atoms with Gasteiger partial charge in [0.15, 0.2) is 0 Å². The number of nitrogens with one attached hydrogen (secondary N) is 3. The number of anilines is 1. The third-order valence-electron chi connectivity index (χ3n) is 7.90. The third kappa shape index (κ3) is 5.58. The van der Waals surface area contributed by atoms with Gasteiger partial charge in [0.25, 0.3) is 11.8 Å². The Morgan fingerprint density at radius 1 is 0.929 bits per heavy atom. The first-order chi connectivity index (χ1) is 20.4. The maximum Gasteiger partial charge on any atom is 0.255 e. The van der Waals surface area contributed by atoms with Gasteiger partial charge in [-0.05, 0) is 59.4 Å². The zero-order valence-corrected chi connectivity index (χ0v) is 22.9. The number of fused-ring (bicyclic) bond motifs is 2. The lowest BCUT2D eigenvalue weighted by Crippen LogP contribution is -2.52. The van der Waals surface area contributed by atoms with Gasteiger partial charge in [-0.25, -0.2) is 4.98 Å². The summed E-state index contributed by atoms with van der Waals surface area (Å²) in [5.41, 5.74) is 4.56. The first-order valence-corrected chi connectivity index (χ1v) is 13.9. The summed E-state index contributed by atoms with van der Waals surface area (Å²) in [5, 5.41) is 8.15. The predicted octanol–water partition coefficient (Wildman–Crippen LogP) is 1.45. The number of benzene rings is 2. The van der Waals surface area contributed by atoms with Crippen molar-refractivity contribution in [1.82, 2.24) is 25.8 Å². The van der Waals surface area contributed by atoms with Crippen molar-refractivity contribution < 1.29 is 24.0 Å². The number of carbonyl (C=O) groups excluding carboxylic acids is 5. The van der Waals surface area contributed by atoms with Crippen molar-refractivity contribution in [2.24, 2.45) is 0 Å². The first kappa shape index (κ1) is 27.1. The number of piperidine rings is 1. The molecule has 1 saturated heterocycles. The van der Waals surface area contributed by atoms with Crippen molar-refractivity contribution >= 4 is 35.4 Å². The SMILES string of the molecule is O=C(CN1CCc2cccnc21)NCc1ccc(CNC(=O)c2ccc3c(c2)CN(C2CCC(=O)NC2=O)C3=O)cc1. The van der Waals surface area contributed by atoms with Crippen molar-refractivity contribution in [3.05, 3.63) is 94.2 Å². The maximum absolute atomic E-state index is 12.9. The third-order valence-corrected chi connectivity index (χ3v) is 7.90. The van der Waals surface area contributed by atoms with E-state index in [2.05, 4.69) is 20.9 Å². The number of pyridine rings is 1. The maximum atomic E-state index is 12.9. The molecule has 0 bridgehead atoms. The van der Waals surface area contributed by atoms with Crippen LogP contribution in [0, 0.1) is 0 Å². The van der Waals surface area contributed by atoms with Gasteiger partial charge >= 0.3 is 0 Å². The number of amides is 5. The number of hydrogen-bond acceptors (Lipinski definition) is 7. The molecule has 0 radical (unpaired) electrons. The van der Waals surface area contributed by atoms with Crippen molar-refractivity contribution in [3.8, 4) is 0 Å². The summed E-state index contributed by atoms with van der Waals surface area (Å²) in [7, 11) is 0. The van der Waals surface area contributed by atoms with Crippen molar-refractivity contribution in [2.75, 3.05) is 18.0 Å². The number of aromatic nitrogens is 1. The Kier molecular flexibility index (Phi) is 7.39. The Bertz CT molecular complexity index is 1590. The van der Waals surface area contributed by atoms with Crippen LogP contribution in [-0.4, -0.2) is 58.6 Å². The van der Waals surface area contributed by atoms with E-state index < -0.39 is 11.9 Å². The zero-order valence-electron chi connectivity index (χ0n) is 22.9. The molecule has 214 valence electrons. The van der Waals surface area contributed by atoms with E-state index in [0.717, 1.165) is 35.5 Å². The molecule has 5 amide bonds. The molecule has 42 heavy (non-hydrogen) atoms. The van der Waals surface area contributed by atoms with E-state index in [1.165, 1.54) is 4.90 Å². The van der Waals surface area contributed by atoms with E-state index in [-0.39, 0.29) is 49.6 Å². The molecule has 1 aromatic heterocycles. The Morgan fingerprint density at radius 2 is 1.69 bits per heavy atom. The Morgan fingerprint density at radius 3 is 2.45 bits per heavy atom. The highest BCUT2D eigenvalue weighted by molar-refractivity contribution is 6.06. The van der Waals surface area contributed by atoms with Crippen molar-refractivity contribution in [3.63, 3.8) is 0 Å². The van der Waals surface area contributed by atoms with E-state index in [9.17, 15) is 24.0 Å². The fraction of sp³-hybridized carbons (Fsp3) is 0.290. The summed E-state index contributed by atoms with van der Waals surface area (Å²) in [6.07, 6.45) is 3.11. The Balaban J connectivity index is 0.983. The van der Waals surface area contributed by atoms with Gasteiger partial charge in [-0.2, -0.15) is 0 Å². The highest BCUT2D eigenvalue weighted by atomic mass is 16.2. The average Bonchev–Trinajstić information content (AvgIpc) is 3.55. The summed E-state index contributed by atoms with van der Waals surface area (Å²) >= 11 is 0. The fourth-order valence-corrected chi connectivity index (χ4v) is 5.63. The smallest absolute Gasteiger partial charge is 0.255 e. The standard InChI is InChI=1S/C31H30N6O5/c38-26-10-9-25(30(41)35-26)37-17-23-14-22(7-8-24(23)31(37)42)29(40)34-16-20-5-3-19(4-6-20)15-33-27(39)18-36-13-11-21-2-1-12-32-28(21)36/h1-8,12,14,25H,9-11,13,15-18H2,(H,33,39)(H,34,40)(H,35,38,41). The summed E-state index contributed by atoms with van der Waals surface area (Å²) in [6, 6.07) is 15.8. The summed E-state index contributed by atoms with van der Waals surface area (Å²) in [5.74, 6) is -0.550. The largest absolute Gasteiger partial charge is 0.350 e. The second kappa shape index (κ2) is 11.4. The van der Waals surface area contributed by atoms with E-state index in [4.69, 9.17) is 0 Å². The monoisotopic (exact) mass is 566 g/mol. The molecule has 0 aliphatic carbocycles. The van der Waals surface area contributed by atoms with E-state index in [1.807, 2.05) is 41.3 Å². The van der Waals surface area contributed by atoms with Crippen LogP contribution in [0.5, 0.6) is 0 Å². The van der Waals surface area contributed by atoms with Crippen LogP contribution in [0.15, 0.2) is 60.8 Å². The van der Waals surface area contributed by atoms with Crippen LogP contribution in [0.3, 0.4) is 0 Å². The summed E-state index contributed by atoms with van der Waals surface area (Å²) in [4.78, 5) is 69.8. The first-order valence-electron chi connectivity index (χ1n) is 13.9. The number of imide groups is 1.